The second-order valence-electron chi connectivity index (χ2n) is 6.00. The second kappa shape index (κ2) is 10.3. The molecule has 0 spiro atoms. The topological polar surface area (TPSA) is 105 Å². The average Bonchev–Trinajstić information content (AvgIpc) is 2.57. The van der Waals surface area contributed by atoms with E-state index in [4.69, 9.17) is 9.94 Å². The number of carbonyl (C=O) groups excluding carboxylic acids is 1. The van der Waals surface area contributed by atoms with Crippen molar-refractivity contribution in [2.75, 3.05) is 13.3 Å². The molecular weight excluding hydrogens is 351 g/mol. The fourth-order valence-electron chi connectivity index (χ4n) is 2.11. The lowest BCUT2D eigenvalue weighted by molar-refractivity contribution is -0.131. The summed E-state index contributed by atoms with van der Waals surface area (Å²) in [7, 11) is -3.93. The number of sulfonamides is 1. The predicted molar refractivity (Wildman–Crippen MR) is 90.6 cm³/mol. The summed E-state index contributed by atoms with van der Waals surface area (Å²) in [6.07, 6.45) is 1.23. The number of amides is 1. The van der Waals surface area contributed by atoms with E-state index in [9.17, 15) is 17.6 Å². The van der Waals surface area contributed by atoms with E-state index in [0.29, 0.717) is 25.2 Å². The number of benzene rings is 1. The van der Waals surface area contributed by atoms with Crippen LogP contribution in [0.25, 0.3) is 0 Å². The lowest BCUT2D eigenvalue weighted by Crippen LogP contribution is -2.46. The molecule has 0 aliphatic rings. The molecule has 3 N–H and O–H groups in total. The number of alkyl halides is 1. The Balaban J connectivity index is 2.77. The SMILES string of the molecule is CC(C)CC(NS(=O)(=O)c1ccc(OCCCCF)cc1)C(=O)NO. The van der Waals surface area contributed by atoms with Gasteiger partial charge in [0.05, 0.1) is 18.2 Å². The molecule has 0 heterocycles. The number of nitrogens with one attached hydrogen (secondary N) is 2. The van der Waals surface area contributed by atoms with Gasteiger partial charge in [-0.3, -0.25) is 14.4 Å². The summed E-state index contributed by atoms with van der Waals surface area (Å²) in [4.78, 5) is 11.6. The minimum absolute atomic E-state index is 0.0249. The van der Waals surface area contributed by atoms with Crippen molar-refractivity contribution in [3.8, 4) is 5.75 Å². The van der Waals surface area contributed by atoms with Gasteiger partial charge in [0, 0.05) is 0 Å². The average molecular weight is 376 g/mol. The summed E-state index contributed by atoms with van der Waals surface area (Å²) in [5.74, 6) is -0.292. The Morgan fingerprint density at radius 1 is 1.24 bits per heavy atom. The van der Waals surface area contributed by atoms with Crippen LogP contribution in [0.15, 0.2) is 29.2 Å². The number of hydroxylamine groups is 1. The van der Waals surface area contributed by atoms with Crippen molar-refractivity contribution in [2.24, 2.45) is 5.92 Å². The first-order valence-corrected chi connectivity index (χ1v) is 9.53. The normalized spacial score (nSPS) is 12.8. The Morgan fingerprint density at radius 2 is 1.88 bits per heavy atom. The molecule has 0 saturated carbocycles. The highest BCUT2D eigenvalue weighted by Crippen LogP contribution is 2.17. The van der Waals surface area contributed by atoms with Gasteiger partial charge in [-0.05, 0) is 49.4 Å². The molecule has 7 nitrogen and oxygen atoms in total. The second-order valence-corrected chi connectivity index (χ2v) is 7.71. The van der Waals surface area contributed by atoms with Gasteiger partial charge in [-0.25, -0.2) is 13.9 Å². The molecule has 25 heavy (non-hydrogen) atoms. The summed E-state index contributed by atoms with van der Waals surface area (Å²) >= 11 is 0. The monoisotopic (exact) mass is 376 g/mol. The molecule has 0 radical (unpaired) electrons. The Labute approximate surface area is 147 Å². The number of unbranched alkanes of at least 4 members (excludes halogenated alkanes) is 1. The van der Waals surface area contributed by atoms with Crippen molar-refractivity contribution in [1.29, 1.82) is 0 Å². The van der Waals surface area contributed by atoms with E-state index < -0.39 is 28.6 Å². The van der Waals surface area contributed by atoms with Crippen LogP contribution in [0.4, 0.5) is 4.39 Å². The van der Waals surface area contributed by atoms with E-state index in [1.54, 1.807) is 0 Å². The fraction of sp³-hybridized carbons (Fsp3) is 0.562. The quantitative estimate of drug-likeness (QED) is 0.311. The van der Waals surface area contributed by atoms with Crippen LogP contribution in [0.3, 0.4) is 0 Å². The highest BCUT2D eigenvalue weighted by molar-refractivity contribution is 7.89. The van der Waals surface area contributed by atoms with Gasteiger partial charge in [-0.2, -0.15) is 4.72 Å². The van der Waals surface area contributed by atoms with Gasteiger partial charge in [0.1, 0.15) is 11.8 Å². The molecule has 0 saturated heterocycles. The van der Waals surface area contributed by atoms with Crippen molar-refractivity contribution in [1.82, 2.24) is 10.2 Å². The molecule has 1 aromatic rings. The molecule has 1 amide bonds. The molecule has 0 aliphatic heterocycles. The van der Waals surface area contributed by atoms with Gasteiger partial charge in [0.2, 0.25) is 10.0 Å². The number of hydrogen-bond donors (Lipinski definition) is 3. The largest absolute Gasteiger partial charge is 0.494 e. The zero-order valence-electron chi connectivity index (χ0n) is 14.4. The third-order valence-corrected chi connectivity index (χ3v) is 4.85. The van der Waals surface area contributed by atoms with Crippen LogP contribution in [0.5, 0.6) is 5.75 Å². The molecule has 9 heteroatoms. The molecule has 1 rings (SSSR count). The van der Waals surface area contributed by atoms with Gasteiger partial charge < -0.3 is 4.74 Å². The molecule has 142 valence electrons. The van der Waals surface area contributed by atoms with Crippen molar-refractivity contribution in [2.45, 2.75) is 44.0 Å². The Morgan fingerprint density at radius 3 is 2.40 bits per heavy atom. The number of hydrogen-bond acceptors (Lipinski definition) is 5. The standard InChI is InChI=1S/C16H25FN2O5S/c1-12(2)11-15(16(20)18-21)19-25(22,23)14-7-5-13(6-8-14)24-10-4-3-9-17/h5-8,12,15,19,21H,3-4,9-11H2,1-2H3,(H,18,20). The molecule has 0 fully saturated rings. The first-order valence-electron chi connectivity index (χ1n) is 8.05. The highest BCUT2D eigenvalue weighted by Gasteiger charge is 2.26. The van der Waals surface area contributed by atoms with E-state index in [2.05, 4.69) is 4.72 Å². The van der Waals surface area contributed by atoms with Gasteiger partial charge >= 0.3 is 0 Å². The van der Waals surface area contributed by atoms with E-state index in [1.807, 2.05) is 13.8 Å². The molecule has 1 unspecified atom stereocenters. The van der Waals surface area contributed by atoms with Crippen LogP contribution in [-0.2, 0) is 14.8 Å². The number of ether oxygens (including phenoxy) is 1. The maximum absolute atomic E-state index is 12.4. The van der Waals surface area contributed by atoms with E-state index in [0.717, 1.165) is 0 Å². The Bertz CT molecular complexity index is 634. The van der Waals surface area contributed by atoms with Crippen LogP contribution in [-0.4, -0.2) is 38.9 Å². The Hall–Kier alpha value is -1.71. The smallest absolute Gasteiger partial charge is 0.261 e. The summed E-state index contributed by atoms with van der Waals surface area (Å²) in [5, 5.41) is 8.77. The minimum Gasteiger partial charge on any atom is -0.494 e. The summed E-state index contributed by atoms with van der Waals surface area (Å²) in [6, 6.07) is 4.62. The predicted octanol–water partition coefficient (Wildman–Crippen LogP) is 2.01. The van der Waals surface area contributed by atoms with Gasteiger partial charge in [0.25, 0.3) is 5.91 Å². The lowest BCUT2D eigenvalue weighted by atomic mass is 10.0. The van der Waals surface area contributed by atoms with Crippen molar-refractivity contribution < 1.29 is 27.5 Å². The van der Waals surface area contributed by atoms with Crippen LogP contribution in [0, 0.1) is 5.92 Å². The number of rotatable bonds is 11. The van der Waals surface area contributed by atoms with E-state index in [-0.39, 0.29) is 17.2 Å². The van der Waals surface area contributed by atoms with Crippen molar-refractivity contribution in [3.05, 3.63) is 24.3 Å². The van der Waals surface area contributed by atoms with E-state index >= 15 is 0 Å². The van der Waals surface area contributed by atoms with Crippen LogP contribution in [0.2, 0.25) is 0 Å². The highest BCUT2D eigenvalue weighted by atomic mass is 32.2. The number of halogens is 1. The van der Waals surface area contributed by atoms with Crippen molar-refractivity contribution in [3.63, 3.8) is 0 Å². The molecular formula is C16H25FN2O5S. The maximum atomic E-state index is 12.4. The van der Waals surface area contributed by atoms with Gasteiger partial charge in [-0.1, -0.05) is 13.8 Å². The molecule has 0 bridgehead atoms. The third-order valence-electron chi connectivity index (χ3n) is 3.36. The van der Waals surface area contributed by atoms with Crippen LogP contribution < -0.4 is 14.9 Å². The first kappa shape index (κ1) is 21.3. The lowest BCUT2D eigenvalue weighted by Gasteiger charge is -2.18. The Kier molecular flexibility index (Phi) is 8.81. The zero-order chi connectivity index (χ0) is 18.9. The zero-order valence-corrected chi connectivity index (χ0v) is 15.2. The van der Waals surface area contributed by atoms with Crippen LogP contribution in [0.1, 0.15) is 33.1 Å². The van der Waals surface area contributed by atoms with Gasteiger partial charge in [-0.15, -0.1) is 0 Å². The molecule has 1 aromatic carbocycles. The maximum Gasteiger partial charge on any atom is 0.261 e. The number of carbonyl (C=O) groups is 1. The first-order chi connectivity index (χ1) is 11.8. The van der Waals surface area contributed by atoms with Crippen molar-refractivity contribution >= 4 is 15.9 Å². The summed E-state index contributed by atoms with van der Waals surface area (Å²) < 4.78 is 44.5. The summed E-state index contributed by atoms with van der Waals surface area (Å²) in [6.45, 7) is 3.62. The molecule has 0 aromatic heterocycles. The molecule has 1 atom stereocenters. The fourth-order valence-corrected chi connectivity index (χ4v) is 3.32. The van der Waals surface area contributed by atoms with Crippen LogP contribution >= 0.6 is 0 Å². The minimum atomic E-state index is -3.93. The summed E-state index contributed by atoms with van der Waals surface area (Å²) in [5.41, 5.74) is 1.47. The van der Waals surface area contributed by atoms with E-state index in [1.165, 1.54) is 29.7 Å². The van der Waals surface area contributed by atoms with Gasteiger partial charge in [0.15, 0.2) is 0 Å². The molecule has 0 aliphatic carbocycles. The third kappa shape index (κ3) is 7.37.